The lowest BCUT2D eigenvalue weighted by Gasteiger charge is -2.38. The number of aromatic carboxylic acids is 1. The van der Waals surface area contributed by atoms with Crippen molar-refractivity contribution in [2.75, 3.05) is 11.4 Å². The Hall–Kier alpha value is -2.36. The largest absolute Gasteiger partial charge is 0.478 e. The molecule has 1 aromatic carbocycles. The van der Waals surface area contributed by atoms with E-state index in [-0.39, 0.29) is 11.1 Å². The quantitative estimate of drug-likeness (QED) is 0.869. The fourth-order valence-electron chi connectivity index (χ4n) is 2.40. The van der Waals surface area contributed by atoms with Crippen LogP contribution in [-0.4, -0.2) is 28.1 Å². The topological polar surface area (TPSA) is 53.4 Å². The molecule has 0 amide bonds. The number of benzene rings is 1. The highest BCUT2D eigenvalue weighted by Gasteiger charge is 2.27. The molecule has 0 fully saturated rings. The van der Waals surface area contributed by atoms with E-state index >= 15 is 0 Å². The second kappa shape index (κ2) is 5.56. The number of carboxylic acids is 1. The summed E-state index contributed by atoms with van der Waals surface area (Å²) in [5.74, 6) is -0.971. The second-order valence-electron chi connectivity index (χ2n) is 5.91. The summed E-state index contributed by atoms with van der Waals surface area (Å²) in [4.78, 5) is 17.9. The minimum Gasteiger partial charge on any atom is -0.478 e. The zero-order valence-electron chi connectivity index (χ0n) is 12.6. The fourth-order valence-corrected chi connectivity index (χ4v) is 2.40. The lowest BCUT2D eigenvalue weighted by atomic mass is 10.0. The van der Waals surface area contributed by atoms with Crippen molar-refractivity contribution in [3.63, 3.8) is 0 Å². The molecule has 1 aromatic heterocycles. The van der Waals surface area contributed by atoms with E-state index in [2.05, 4.69) is 32.3 Å². The number of nitrogens with zero attached hydrogens (tertiary/aromatic N) is 2. The van der Waals surface area contributed by atoms with Gasteiger partial charge in [-0.25, -0.2) is 4.79 Å². The van der Waals surface area contributed by atoms with Gasteiger partial charge < -0.3 is 10.0 Å². The van der Waals surface area contributed by atoms with E-state index in [0.717, 1.165) is 10.9 Å². The molecule has 4 heteroatoms. The number of carbonyl (C=O) groups is 1. The predicted molar refractivity (Wildman–Crippen MR) is 86.0 cm³/mol. The van der Waals surface area contributed by atoms with Crippen LogP contribution in [0.2, 0.25) is 0 Å². The van der Waals surface area contributed by atoms with Crippen molar-refractivity contribution in [1.29, 1.82) is 0 Å². The molecule has 0 saturated carbocycles. The maximum Gasteiger partial charge on any atom is 0.339 e. The summed E-state index contributed by atoms with van der Waals surface area (Å²) in [7, 11) is 0. The predicted octanol–water partition coefficient (Wildman–Crippen LogP) is 3.72. The maximum absolute atomic E-state index is 11.6. The van der Waals surface area contributed by atoms with Gasteiger partial charge >= 0.3 is 5.97 Å². The first-order valence-electron chi connectivity index (χ1n) is 6.86. The minimum absolute atomic E-state index is 0.213. The van der Waals surface area contributed by atoms with Crippen molar-refractivity contribution in [2.24, 2.45) is 0 Å². The van der Waals surface area contributed by atoms with Gasteiger partial charge in [0.05, 0.1) is 11.2 Å². The number of para-hydroxylation sites is 1. The fraction of sp³-hybridized carbons (Fsp3) is 0.294. The van der Waals surface area contributed by atoms with Gasteiger partial charge in [0.2, 0.25) is 0 Å². The SMILES string of the molecule is C=CCN(c1c(C(=O)O)cnc2ccccc12)C(C)(C)C. The molecule has 0 aliphatic rings. The molecule has 0 aliphatic heterocycles. The van der Waals surface area contributed by atoms with Gasteiger partial charge in [-0.05, 0) is 26.8 Å². The third kappa shape index (κ3) is 2.89. The van der Waals surface area contributed by atoms with Gasteiger partial charge in [0, 0.05) is 23.7 Å². The average molecular weight is 284 g/mol. The number of fused-ring (bicyclic) bond motifs is 1. The van der Waals surface area contributed by atoms with E-state index in [0.29, 0.717) is 12.2 Å². The van der Waals surface area contributed by atoms with E-state index in [9.17, 15) is 9.90 Å². The number of hydrogen-bond donors (Lipinski definition) is 1. The third-order valence-electron chi connectivity index (χ3n) is 3.37. The molecular formula is C17H20N2O2. The standard InChI is InChI=1S/C17H20N2O2/c1-5-10-19(17(2,3)4)15-12-8-6-7-9-14(12)18-11-13(15)16(20)21/h5-9,11H,1,10H2,2-4H3,(H,20,21). The molecule has 0 bridgehead atoms. The molecule has 2 aromatic rings. The molecule has 1 heterocycles. The Morgan fingerprint density at radius 2 is 2.05 bits per heavy atom. The Bertz CT molecular complexity index is 687. The zero-order chi connectivity index (χ0) is 15.6. The van der Waals surface area contributed by atoms with Crippen molar-refractivity contribution in [3.8, 4) is 0 Å². The van der Waals surface area contributed by atoms with Crippen molar-refractivity contribution >= 4 is 22.6 Å². The summed E-state index contributed by atoms with van der Waals surface area (Å²) in [6.07, 6.45) is 3.22. The van der Waals surface area contributed by atoms with Crippen molar-refractivity contribution in [3.05, 3.63) is 48.7 Å². The first-order valence-corrected chi connectivity index (χ1v) is 6.86. The molecule has 0 spiro atoms. The number of rotatable bonds is 4. The molecule has 0 aliphatic carbocycles. The molecule has 110 valence electrons. The van der Waals surface area contributed by atoms with Gasteiger partial charge in [-0.1, -0.05) is 24.3 Å². The summed E-state index contributed by atoms with van der Waals surface area (Å²) < 4.78 is 0. The van der Waals surface area contributed by atoms with Crippen LogP contribution >= 0.6 is 0 Å². The molecular weight excluding hydrogens is 264 g/mol. The Labute approximate surface area is 124 Å². The Balaban J connectivity index is 2.82. The zero-order valence-corrected chi connectivity index (χ0v) is 12.6. The lowest BCUT2D eigenvalue weighted by molar-refractivity contribution is 0.0697. The van der Waals surface area contributed by atoms with Crippen LogP contribution in [0.4, 0.5) is 5.69 Å². The number of hydrogen-bond acceptors (Lipinski definition) is 3. The lowest BCUT2D eigenvalue weighted by Crippen LogP contribution is -2.42. The maximum atomic E-state index is 11.6. The smallest absolute Gasteiger partial charge is 0.339 e. The van der Waals surface area contributed by atoms with E-state index in [1.807, 2.05) is 29.2 Å². The van der Waals surface area contributed by atoms with Crippen LogP contribution in [0, 0.1) is 0 Å². The van der Waals surface area contributed by atoms with Crippen LogP contribution in [0.15, 0.2) is 43.1 Å². The van der Waals surface area contributed by atoms with E-state index < -0.39 is 5.97 Å². The van der Waals surface area contributed by atoms with Gasteiger partial charge in [0.15, 0.2) is 0 Å². The van der Waals surface area contributed by atoms with Gasteiger partial charge in [-0.15, -0.1) is 6.58 Å². The van der Waals surface area contributed by atoms with E-state index in [1.54, 1.807) is 6.08 Å². The van der Waals surface area contributed by atoms with E-state index in [4.69, 9.17) is 0 Å². The van der Waals surface area contributed by atoms with Gasteiger partial charge in [0.1, 0.15) is 5.56 Å². The average Bonchev–Trinajstić information content (AvgIpc) is 2.42. The van der Waals surface area contributed by atoms with Crippen LogP contribution in [0.25, 0.3) is 10.9 Å². The molecule has 21 heavy (non-hydrogen) atoms. The van der Waals surface area contributed by atoms with Crippen LogP contribution in [0.1, 0.15) is 31.1 Å². The Morgan fingerprint density at radius 1 is 1.38 bits per heavy atom. The third-order valence-corrected chi connectivity index (χ3v) is 3.37. The highest BCUT2D eigenvalue weighted by molar-refractivity contribution is 6.04. The summed E-state index contributed by atoms with van der Waals surface area (Å²) >= 11 is 0. The molecule has 0 radical (unpaired) electrons. The van der Waals surface area contributed by atoms with Crippen molar-refractivity contribution in [2.45, 2.75) is 26.3 Å². The monoisotopic (exact) mass is 284 g/mol. The number of anilines is 1. The van der Waals surface area contributed by atoms with Crippen LogP contribution in [-0.2, 0) is 0 Å². The molecule has 0 saturated heterocycles. The van der Waals surface area contributed by atoms with Gasteiger partial charge in [0.25, 0.3) is 0 Å². The summed E-state index contributed by atoms with van der Waals surface area (Å²) in [5, 5.41) is 10.4. The van der Waals surface area contributed by atoms with E-state index in [1.165, 1.54) is 6.20 Å². The van der Waals surface area contributed by atoms with Gasteiger partial charge in [-0.2, -0.15) is 0 Å². The molecule has 0 atom stereocenters. The summed E-state index contributed by atoms with van der Waals surface area (Å²) in [5.41, 5.74) is 1.46. The normalized spacial score (nSPS) is 11.4. The number of aromatic nitrogens is 1. The van der Waals surface area contributed by atoms with Crippen LogP contribution in [0.5, 0.6) is 0 Å². The number of pyridine rings is 1. The molecule has 1 N–H and O–H groups in total. The Morgan fingerprint density at radius 3 is 2.62 bits per heavy atom. The van der Waals surface area contributed by atoms with Crippen LogP contribution < -0.4 is 4.90 Å². The summed E-state index contributed by atoms with van der Waals surface area (Å²) in [6, 6.07) is 7.59. The number of carboxylic acid groups (broad SMARTS) is 1. The molecule has 4 nitrogen and oxygen atoms in total. The first-order chi connectivity index (χ1) is 9.86. The highest BCUT2D eigenvalue weighted by Crippen LogP contribution is 2.34. The van der Waals surface area contributed by atoms with Crippen molar-refractivity contribution < 1.29 is 9.90 Å². The first kappa shape index (κ1) is 15.0. The Kier molecular flexibility index (Phi) is 3.98. The van der Waals surface area contributed by atoms with Crippen molar-refractivity contribution in [1.82, 2.24) is 4.98 Å². The van der Waals surface area contributed by atoms with Crippen LogP contribution in [0.3, 0.4) is 0 Å². The summed E-state index contributed by atoms with van der Waals surface area (Å²) in [6.45, 7) is 10.5. The highest BCUT2D eigenvalue weighted by atomic mass is 16.4. The molecule has 2 rings (SSSR count). The molecule has 0 unspecified atom stereocenters. The van der Waals surface area contributed by atoms with Gasteiger partial charge in [-0.3, -0.25) is 4.98 Å². The second-order valence-corrected chi connectivity index (χ2v) is 5.91. The minimum atomic E-state index is -0.971.